The second-order valence-corrected chi connectivity index (χ2v) is 7.32. The van der Waals surface area contributed by atoms with Crippen LogP contribution in [0.2, 0.25) is 0 Å². The minimum atomic E-state index is -3.25. The summed E-state index contributed by atoms with van der Waals surface area (Å²) in [6.45, 7) is 5.05. The average Bonchev–Trinajstić information content (AvgIpc) is 2.48. The molecule has 7 heteroatoms. The van der Waals surface area contributed by atoms with E-state index < -0.39 is 12.7 Å². The first kappa shape index (κ1) is 18.6. The molecule has 0 heterocycles. The van der Waals surface area contributed by atoms with E-state index in [1.165, 1.54) is 0 Å². The van der Waals surface area contributed by atoms with Crippen LogP contribution >= 0.6 is 19.2 Å². The fraction of sp³-hybridized carbons (Fsp3) is 0.571. The van der Waals surface area contributed by atoms with E-state index in [0.29, 0.717) is 32.8 Å². The summed E-state index contributed by atoms with van der Waals surface area (Å²) in [6, 6.07) is 9.81. The van der Waals surface area contributed by atoms with Gasteiger partial charge in [-0.05, 0) is 25.8 Å². The number of hydroxylamine groups is 1. The molecule has 0 fully saturated rings. The Labute approximate surface area is 131 Å². The van der Waals surface area contributed by atoms with Gasteiger partial charge in [0.1, 0.15) is 5.12 Å². The van der Waals surface area contributed by atoms with E-state index in [-0.39, 0.29) is 0 Å². The van der Waals surface area contributed by atoms with Crippen molar-refractivity contribution >= 4 is 19.2 Å². The molecule has 0 aliphatic rings. The van der Waals surface area contributed by atoms with E-state index in [2.05, 4.69) is 5.48 Å². The highest BCUT2D eigenvalue weighted by Crippen LogP contribution is 2.55. The molecule has 0 amide bonds. The Morgan fingerprint density at radius 3 is 2.38 bits per heavy atom. The van der Waals surface area contributed by atoms with Crippen molar-refractivity contribution in [2.24, 2.45) is 0 Å². The zero-order valence-corrected chi connectivity index (χ0v) is 14.1. The summed E-state index contributed by atoms with van der Waals surface area (Å²) in [4.78, 5) is 5.32. The Bertz CT molecular complexity index is 422. The minimum absolute atomic E-state index is 0.304. The van der Waals surface area contributed by atoms with Gasteiger partial charge in [-0.3, -0.25) is 9.40 Å². The van der Waals surface area contributed by atoms with Crippen LogP contribution in [0.4, 0.5) is 0 Å². The van der Waals surface area contributed by atoms with Crippen LogP contribution in [0.3, 0.4) is 0 Å². The van der Waals surface area contributed by atoms with E-state index in [9.17, 15) is 4.57 Å². The lowest BCUT2D eigenvalue weighted by Gasteiger charge is -2.21. The lowest BCUT2D eigenvalue weighted by atomic mass is 10.2. The fourth-order valence-electron chi connectivity index (χ4n) is 1.68. The van der Waals surface area contributed by atoms with Crippen molar-refractivity contribution in [1.82, 2.24) is 5.48 Å². The van der Waals surface area contributed by atoms with E-state index in [0.717, 1.165) is 5.56 Å². The van der Waals surface area contributed by atoms with E-state index in [1.807, 2.05) is 30.3 Å². The number of benzene rings is 1. The maximum atomic E-state index is 12.4. The zero-order chi connectivity index (χ0) is 15.6. The Hall–Kier alpha value is -0.420. The quantitative estimate of drug-likeness (QED) is 0.287. The van der Waals surface area contributed by atoms with Gasteiger partial charge in [0.2, 0.25) is 0 Å². The summed E-state index contributed by atoms with van der Waals surface area (Å²) in [5.74, 6) is 0. The highest BCUT2D eigenvalue weighted by atomic mass is 35.5. The molecule has 0 radical (unpaired) electrons. The van der Waals surface area contributed by atoms with Gasteiger partial charge >= 0.3 is 7.60 Å². The van der Waals surface area contributed by atoms with Crippen molar-refractivity contribution in [2.75, 3.05) is 19.8 Å². The first-order valence-electron chi connectivity index (χ1n) is 7.03. The maximum Gasteiger partial charge on any atom is 0.348 e. The van der Waals surface area contributed by atoms with Crippen molar-refractivity contribution in [3.8, 4) is 0 Å². The van der Waals surface area contributed by atoms with Crippen LogP contribution in [-0.4, -0.2) is 24.9 Å². The van der Waals surface area contributed by atoms with E-state index in [4.69, 9.17) is 25.5 Å². The first-order valence-corrected chi connectivity index (χ1v) is 9.08. The summed E-state index contributed by atoms with van der Waals surface area (Å²) in [5.41, 5.74) is 3.88. The van der Waals surface area contributed by atoms with Gasteiger partial charge in [0, 0.05) is 6.54 Å². The van der Waals surface area contributed by atoms with Crippen molar-refractivity contribution in [2.45, 2.75) is 32.0 Å². The first-order chi connectivity index (χ1) is 10.1. The van der Waals surface area contributed by atoms with Gasteiger partial charge in [0.15, 0.2) is 0 Å². The fourth-order valence-corrected chi connectivity index (χ4v) is 3.69. The second-order valence-electron chi connectivity index (χ2n) is 4.27. The summed E-state index contributed by atoms with van der Waals surface area (Å²) in [5, 5.41) is -0.690. The van der Waals surface area contributed by atoms with Crippen LogP contribution in [0.15, 0.2) is 30.3 Å². The number of nitrogens with one attached hydrogen (secondary N) is 1. The van der Waals surface area contributed by atoms with Crippen molar-refractivity contribution in [3.05, 3.63) is 35.9 Å². The third-order valence-electron chi connectivity index (χ3n) is 2.63. The van der Waals surface area contributed by atoms with Gasteiger partial charge in [0.25, 0.3) is 0 Å². The summed E-state index contributed by atoms with van der Waals surface area (Å²) in [7, 11) is -3.25. The molecule has 120 valence electrons. The van der Waals surface area contributed by atoms with Gasteiger partial charge in [-0.2, -0.15) is 0 Å². The van der Waals surface area contributed by atoms with Crippen LogP contribution < -0.4 is 5.48 Å². The smallest absolute Gasteiger partial charge is 0.308 e. The molecule has 0 bridgehead atoms. The third-order valence-corrected chi connectivity index (χ3v) is 5.75. The Kier molecular flexibility index (Phi) is 9.16. The minimum Gasteiger partial charge on any atom is -0.308 e. The predicted octanol–water partition coefficient (Wildman–Crippen LogP) is 3.93. The monoisotopic (exact) mass is 335 g/mol. The molecule has 0 aromatic heterocycles. The molecular formula is C14H23ClNO4P. The number of rotatable bonds is 11. The van der Waals surface area contributed by atoms with Crippen LogP contribution in [0.5, 0.6) is 0 Å². The lowest BCUT2D eigenvalue weighted by Crippen LogP contribution is -2.20. The van der Waals surface area contributed by atoms with Crippen LogP contribution in [-0.2, 0) is 25.1 Å². The lowest BCUT2D eigenvalue weighted by molar-refractivity contribution is 0.0278. The topological polar surface area (TPSA) is 56.8 Å². The van der Waals surface area contributed by atoms with E-state index >= 15 is 0 Å². The molecule has 1 aromatic rings. The standard InChI is InChI=1S/C14H23ClNO4P/c1-3-19-21(17,20-4-2)14(15)10-11-16-18-12-13-8-6-5-7-9-13/h5-9,14,16H,3-4,10-12H2,1-2H3/t14-/m0/s1. The molecule has 0 saturated carbocycles. The van der Waals surface area contributed by atoms with Gasteiger partial charge in [0.05, 0.1) is 19.8 Å². The zero-order valence-electron chi connectivity index (χ0n) is 12.5. The Morgan fingerprint density at radius 1 is 1.19 bits per heavy atom. The molecule has 1 rings (SSSR count). The van der Waals surface area contributed by atoms with Gasteiger partial charge in [-0.15, -0.1) is 11.6 Å². The molecule has 0 saturated heterocycles. The van der Waals surface area contributed by atoms with Crippen molar-refractivity contribution < 1.29 is 18.5 Å². The molecule has 0 spiro atoms. The van der Waals surface area contributed by atoms with Crippen molar-refractivity contribution in [3.63, 3.8) is 0 Å². The molecule has 21 heavy (non-hydrogen) atoms. The number of alkyl halides is 1. The molecule has 1 aromatic carbocycles. The highest BCUT2D eigenvalue weighted by Gasteiger charge is 2.33. The maximum absolute atomic E-state index is 12.4. The molecule has 0 aliphatic heterocycles. The molecule has 0 unspecified atom stereocenters. The van der Waals surface area contributed by atoms with Gasteiger partial charge in [-0.25, -0.2) is 5.48 Å². The van der Waals surface area contributed by atoms with Gasteiger partial charge in [-0.1, -0.05) is 30.3 Å². The molecule has 5 nitrogen and oxygen atoms in total. The van der Waals surface area contributed by atoms with Crippen LogP contribution in [0.1, 0.15) is 25.8 Å². The normalized spacial score (nSPS) is 13.3. The Morgan fingerprint density at radius 2 is 1.81 bits per heavy atom. The summed E-state index contributed by atoms with van der Waals surface area (Å²) in [6.07, 6.45) is 0.424. The molecule has 0 aliphatic carbocycles. The second kappa shape index (κ2) is 10.3. The molecule has 1 atom stereocenters. The molecule has 1 N–H and O–H groups in total. The van der Waals surface area contributed by atoms with Crippen LogP contribution in [0.25, 0.3) is 0 Å². The summed E-state index contributed by atoms with van der Waals surface area (Å²) >= 11 is 6.13. The average molecular weight is 336 g/mol. The number of hydrogen-bond acceptors (Lipinski definition) is 5. The van der Waals surface area contributed by atoms with Gasteiger partial charge < -0.3 is 9.05 Å². The van der Waals surface area contributed by atoms with Crippen LogP contribution in [0, 0.1) is 0 Å². The summed E-state index contributed by atoms with van der Waals surface area (Å²) < 4.78 is 22.7. The Balaban J connectivity index is 2.25. The third kappa shape index (κ3) is 6.92. The number of halogens is 1. The SMILES string of the molecule is CCOP(=O)(OCC)[C@H](Cl)CCNOCc1ccccc1. The predicted molar refractivity (Wildman–Crippen MR) is 84.4 cm³/mol. The largest absolute Gasteiger partial charge is 0.348 e. The molecular weight excluding hydrogens is 313 g/mol. The highest BCUT2D eigenvalue weighted by molar-refractivity contribution is 7.56. The van der Waals surface area contributed by atoms with E-state index in [1.54, 1.807) is 13.8 Å². The number of hydrogen-bond donors (Lipinski definition) is 1. The van der Waals surface area contributed by atoms with Crippen molar-refractivity contribution in [1.29, 1.82) is 0 Å².